The monoisotopic (exact) mass is 532 g/mol. The molecule has 2 saturated heterocycles. The Labute approximate surface area is 222 Å². The molecule has 2 heterocycles. The van der Waals surface area contributed by atoms with Crippen molar-refractivity contribution in [2.75, 3.05) is 92.5 Å². The van der Waals surface area contributed by atoms with Crippen LogP contribution in [0.5, 0.6) is 0 Å². The first-order valence-corrected chi connectivity index (χ1v) is 13.0. The molecule has 0 unspecified atom stereocenters. The molecule has 2 aromatic carbocycles. The van der Waals surface area contributed by atoms with Gasteiger partial charge in [0.25, 0.3) is 0 Å². The Morgan fingerprint density at radius 3 is 1.37 bits per heavy atom. The summed E-state index contributed by atoms with van der Waals surface area (Å²) in [6.45, 7) is 7.27. The molecule has 10 nitrogen and oxygen atoms in total. The Bertz CT molecular complexity index is 937. The molecular formula is C28H36O10. The van der Waals surface area contributed by atoms with E-state index in [0.717, 1.165) is 37.2 Å². The van der Waals surface area contributed by atoms with E-state index < -0.39 is 11.9 Å². The summed E-state index contributed by atoms with van der Waals surface area (Å²) in [5, 5.41) is 1.64. The maximum Gasteiger partial charge on any atom is 0.338 e. The second kappa shape index (κ2) is 15.7. The molecule has 0 spiro atoms. The zero-order valence-electron chi connectivity index (χ0n) is 21.6. The van der Waals surface area contributed by atoms with Gasteiger partial charge in [-0.1, -0.05) is 12.1 Å². The van der Waals surface area contributed by atoms with Gasteiger partial charge in [-0.15, -0.1) is 0 Å². The van der Waals surface area contributed by atoms with Gasteiger partial charge in [0.1, 0.15) is 13.2 Å². The molecule has 208 valence electrons. The molecular weight excluding hydrogens is 496 g/mol. The summed E-state index contributed by atoms with van der Waals surface area (Å²) in [7, 11) is 0. The Balaban J connectivity index is 1.08. The highest BCUT2D eigenvalue weighted by atomic mass is 16.6. The normalized spacial score (nSPS) is 15.7. The molecule has 0 aliphatic carbocycles. The van der Waals surface area contributed by atoms with Crippen molar-refractivity contribution in [1.29, 1.82) is 0 Å². The highest BCUT2D eigenvalue weighted by Crippen LogP contribution is 2.19. The summed E-state index contributed by atoms with van der Waals surface area (Å²) in [6.07, 6.45) is 0. The van der Waals surface area contributed by atoms with E-state index >= 15 is 0 Å². The molecule has 2 aliphatic rings. The van der Waals surface area contributed by atoms with Crippen LogP contribution in [0.4, 0.5) is 0 Å². The first kappa shape index (κ1) is 28.4. The van der Waals surface area contributed by atoms with Crippen LogP contribution in [-0.2, 0) is 37.9 Å². The number of hydrogen-bond acceptors (Lipinski definition) is 10. The van der Waals surface area contributed by atoms with Crippen molar-refractivity contribution < 1.29 is 47.5 Å². The maximum atomic E-state index is 12.4. The van der Waals surface area contributed by atoms with Crippen LogP contribution in [0.1, 0.15) is 20.7 Å². The molecule has 2 fully saturated rings. The summed E-state index contributed by atoms with van der Waals surface area (Å²) in [6, 6.07) is 10.4. The van der Waals surface area contributed by atoms with E-state index in [1.165, 1.54) is 0 Å². The predicted octanol–water partition coefficient (Wildman–Crippen LogP) is 2.51. The topological polar surface area (TPSA) is 108 Å². The lowest BCUT2D eigenvalue weighted by Gasteiger charge is -2.25. The van der Waals surface area contributed by atoms with E-state index in [0.29, 0.717) is 75.8 Å². The first-order valence-electron chi connectivity index (χ1n) is 13.0. The fourth-order valence-corrected chi connectivity index (χ4v) is 3.75. The summed E-state index contributed by atoms with van der Waals surface area (Å²) >= 11 is 0. The lowest BCUT2D eigenvalue weighted by Crippen LogP contribution is -2.32. The van der Waals surface area contributed by atoms with Crippen molar-refractivity contribution in [2.45, 2.75) is 0 Å². The number of benzene rings is 2. The number of hydrogen-bond donors (Lipinski definition) is 0. The molecule has 2 aliphatic heterocycles. The minimum atomic E-state index is -0.428. The van der Waals surface area contributed by atoms with Crippen molar-refractivity contribution in [1.82, 2.24) is 0 Å². The second-order valence-corrected chi connectivity index (χ2v) is 9.23. The highest BCUT2D eigenvalue weighted by Gasteiger charge is 2.18. The lowest BCUT2D eigenvalue weighted by atomic mass is 10.0. The third-order valence-corrected chi connectivity index (χ3v) is 6.10. The molecule has 0 atom stereocenters. The minimum absolute atomic E-state index is 0.157. The van der Waals surface area contributed by atoms with Gasteiger partial charge in [0.2, 0.25) is 0 Å². The van der Waals surface area contributed by atoms with E-state index in [-0.39, 0.29) is 13.2 Å². The van der Waals surface area contributed by atoms with Crippen molar-refractivity contribution in [3.8, 4) is 0 Å². The summed E-state index contributed by atoms with van der Waals surface area (Å²) < 4.78 is 42.6. The number of ether oxygens (including phenoxy) is 8. The second-order valence-electron chi connectivity index (χ2n) is 9.23. The van der Waals surface area contributed by atoms with Gasteiger partial charge in [-0.25, -0.2) is 9.59 Å². The van der Waals surface area contributed by atoms with Crippen molar-refractivity contribution in [3.05, 3.63) is 47.5 Å². The van der Waals surface area contributed by atoms with Crippen LogP contribution in [0.2, 0.25) is 0 Å². The predicted molar refractivity (Wildman–Crippen MR) is 136 cm³/mol. The molecule has 2 aromatic rings. The van der Waals surface area contributed by atoms with E-state index in [2.05, 4.69) is 0 Å². The molecule has 0 aromatic heterocycles. The molecule has 10 heteroatoms. The Morgan fingerprint density at radius 2 is 0.974 bits per heavy atom. The first-order chi connectivity index (χ1) is 18.7. The third kappa shape index (κ3) is 9.30. The van der Waals surface area contributed by atoms with Crippen LogP contribution in [0, 0.1) is 11.8 Å². The molecule has 0 saturated carbocycles. The van der Waals surface area contributed by atoms with Crippen molar-refractivity contribution in [3.63, 3.8) is 0 Å². The van der Waals surface area contributed by atoms with Gasteiger partial charge in [0.15, 0.2) is 0 Å². The summed E-state index contributed by atoms with van der Waals surface area (Å²) in [5.74, 6) is 0.139. The quantitative estimate of drug-likeness (QED) is 0.210. The zero-order valence-corrected chi connectivity index (χ0v) is 21.6. The van der Waals surface area contributed by atoms with Gasteiger partial charge in [0, 0.05) is 11.8 Å². The molecule has 0 amide bonds. The Morgan fingerprint density at radius 1 is 0.579 bits per heavy atom. The molecule has 4 rings (SSSR count). The molecule has 0 radical (unpaired) electrons. The number of carbonyl (C=O) groups excluding carboxylic acids is 2. The molecule has 38 heavy (non-hydrogen) atoms. The van der Waals surface area contributed by atoms with Crippen LogP contribution >= 0.6 is 0 Å². The number of rotatable bonds is 18. The third-order valence-electron chi connectivity index (χ3n) is 6.10. The van der Waals surface area contributed by atoms with Gasteiger partial charge >= 0.3 is 11.9 Å². The minimum Gasteiger partial charge on any atom is -0.460 e. The fourth-order valence-electron chi connectivity index (χ4n) is 3.75. The Hall–Kier alpha value is -2.60. The average molecular weight is 533 g/mol. The van der Waals surface area contributed by atoms with E-state index in [1.54, 1.807) is 36.4 Å². The molecule has 0 bridgehead atoms. The van der Waals surface area contributed by atoms with Crippen LogP contribution in [0.15, 0.2) is 36.4 Å². The highest BCUT2D eigenvalue weighted by molar-refractivity contribution is 5.99. The zero-order chi connectivity index (χ0) is 26.4. The van der Waals surface area contributed by atoms with Gasteiger partial charge in [-0.3, -0.25) is 0 Å². The largest absolute Gasteiger partial charge is 0.460 e. The van der Waals surface area contributed by atoms with E-state index in [9.17, 15) is 9.59 Å². The number of carbonyl (C=O) groups is 2. The SMILES string of the molecule is O=C(OCCOCCOCC1COC1)c1ccc2cc(C(=O)OCCOCCOCC3COC3)ccc2c1. The van der Waals surface area contributed by atoms with Crippen LogP contribution < -0.4 is 0 Å². The van der Waals surface area contributed by atoms with Gasteiger partial charge < -0.3 is 37.9 Å². The number of fused-ring (bicyclic) bond motifs is 1. The smallest absolute Gasteiger partial charge is 0.338 e. The van der Waals surface area contributed by atoms with Gasteiger partial charge in [-0.05, 0) is 35.0 Å². The lowest BCUT2D eigenvalue weighted by molar-refractivity contribution is -0.0782. The maximum absolute atomic E-state index is 12.4. The average Bonchev–Trinajstić information content (AvgIpc) is 2.88. The van der Waals surface area contributed by atoms with E-state index in [4.69, 9.17) is 37.9 Å². The van der Waals surface area contributed by atoms with Crippen molar-refractivity contribution >= 4 is 22.7 Å². The van der Waals surface area contributed by atoms with Crippen LogP contribution in [-0.4, -0.2) is 104 Å². The van der Waals surface area contributed by atoms with Gasteiger partial charge in [0.05, 0.1) is 90.4 Å². The summed E-state index contributed by atoms with van der Waals surface area (Å²) in [4.78, 5) is 24.8. The summed E-state index contributed by atoms with van der Waals surface area (Å²) in [5.41, 5.74) is 0.863. The molecule has 0 N–H and O–H groups in total. The van der Waals surface area contributed by atoms with Crippen LogP contribution in [0.25, 0.3) is 10.8 Å². The van der Waals surface area contributed by atoms with E-state index in [1.807, 2.05) is 0 Å². The van der Waals surface area contributed by atoms with Gasteiger partial charge in [-0.2, -0.15) is 0 Å². The Kier molecular flexibility index (Phi) is 11.8. The number of esters is 2. The van der Waals surface area contributed by atoms with Crippen molar-refractivity contribution in [2.24, 2.45) is 11.8 Å². The van der Waals surface area contributed by atoms with Crippen LogP contribution in [0.3, 0.4) is 0 Å². The standard InChI is InChI=1S/C28H36O10/c29-27(37-11-9-31-5-7-33-15-21-17-35-18-21)25-3-1-23-13-26(4-2-24(23)14-25)28(30)38-12-10-32-6-8-34-16-22-19-36-20-22/h1-4,13-14,21-22H,5-12,15-20H2. The fraction of sp³-hybridized carbons (Fsp3) is 0.571.